The molecule has 1 aliphatic heterocycles. The smallest absolute Gasteiger partial charge is 0.307 e. The van der Waals surface area contributed by atoms with E-state index in [1.807, 2.05) is 19.1 Å². The van der Waals surface area contributed by atoms with Crippen molar-refractivity contribution in [3.63, 3.8) is 0 Å². The Morgan fingerprint density at radius 2 is 2.29 bits per heavy atom. The molecule has 17 heavy (non-hydrogen) atoms. The molecular formula is C12H10BrNO3. The Hall–Kier alpha value is -1.36. The van der Waals surface area contributed by atoms with E-state index < -0.39 is 17.3 Å². The van der Waals surface area contributed by atoms with E-state index in [2.05, 4.69) is 21.2 Å². The van der Waals surface area contributed by atoms with Crippen LogP contribution in [0, 0.1) is 12.8 Å². The van der Waals surface area contributed by atoms with Crippen LogP contribution >= 0.6 is 15.9 Å². The largest absolute Gasteiger partial charge is 0.481 e. The maximum absolute atomic E-state index is 12.0. The van der Waals surface area contributed by atoms with Crippen LogP contribution in [-0.2, 0) is 15.0 Å². The van der Waals surface area contributed by atoms with Gasteiger partial charge in [-0.15, -0.1) is 0 Å². The summed E-state index contributed by atoms with van der Waals surface area (Å²) >= 11 is 3.39. The van der Waals surface area contributed by atoms with Crippen molar-refractivity contribution >= 4 is 33.5 Å². The lowest BCUT2D eigenvalue weighted by Gasteiger charge is -2.08. The highest BCUT2D eigenvalue weighted by Crippen LogP contribution is 2.60. The lowest BCUT2D eigenvalue weighted by Crippen LogP contribution is -2.24. The van der Waals surface area contributed by atoms with Gasteiger partial charge in [-0.1, -0.05) is 15.9 Å². The second kappa shape index (κ2) is 3.10. The monoisotopic (exact) mass is 295 g/mol. The van der Waals surface area contributed by atoms with E-state index in [-0.39, 0.29) is 5.91 Å². The number of fused-ring (bicyclic) bond motifs is 2. The van der Waals surface area contributed by atoms with Gasteiger partial charge in [0.15, 0.2) is 0 Å². The van der Waals surface area contributed by atoms with Gasteiger partial charge in [-0.25, -0.2) is 0 Å². The summed E-state index contributed by atoms with van der Waals surface area (Å²) < 4.78 is 0.876. The van der Waals surface area contributed by atoms with Gasteiger partial charge in [0.1, 0.15) is 0 Å². The van der Waals surface area contributed by atoms with Crippen molar-refractivity contribution in [1.82, 2.24) is 0 Å². The first-order valence-corrected chi connectivity index (χ1v) is 6.11. The van der Waals surface area contributed by atoms with Crippen molar-refractivity contribution in [1.29, 1.82) is 0 Å². The number of rotatable bonds is 1. The fourth-order valence-corrected chi connectivity index (χ4v) is 3.29. The summed E-state index contributed by atoms with van der Waals surface area (Å²) in [5, 5.41) is 11.9. The molecule has 1 heterocycles. The quantitative estimate of drug-likeness (QED) is 0.833. The van der Waals surface area contributed by atoms with Crippen LogP contribution < -0.4 is 5.32 Å². The molecule has 0 saturated heterocycles. The summed E-state index contributed by atoms with van der Waals surface area (Å²) in [6, 6.07) is 3.76. The lowest BCUT2D eigenvalue weighted by molar-refractivity contribution is -0.140. The van der Waals surface area contributed by atoms with Crippen LogP contribution in [0.1, 0.15) is 17.5 Å². The zero-order chi connectivity index (χ0) is 12.4. The minimum absolute atomic E-state index is 0.180. The van der Waals surface area contributed by atoms with Gasteiger partial charge < -0.3 is 10.4 Å². The van der Waals surface area contributed by atoms with E-state index >= 15 is 0 Å². The van der Waals surface area contributed by atoms with Crippen LogP contribution in [0.3, 0.4) is 0 Å². The van der Waals surface area contributed by atoms with Gasteiger partial charge in [0, 0.05) is 10.2 Å². The minimum atomic E-state index is -0.898. The highest BCUT2D eigenvalue weighted by atomic mass is 79.9. The third-order valence-corrected chi connectivity index (χ3v) is 4.14. The first-order chi connectivity index (χ1) is 7.96. The summed E-state index contributed by atoms with van der Waals surface area (Å²) in [5.74, 6) is -1.66. The normalized spacial score (nSPS) is 29.1. The predicted molar refractivity (Wildman–Crippen MR) is 64.9 cm³/mol. The third kappa shape index (κ3) is 1.23. The molecule has 0 radical (unpaired) electrons. The average molecular weight is 296 g/mol. The summed E-state index contributed by atoms with van der Waals surface area (Å²) in [6.45, 7) is 1.90. The van der Waals surface area contributed by atoms with Crippen LogP contribution in [0.15, 0.2) is 16.6 Å². The maximum Gasteiger partial charge on any atom is 0.307 e. The molecule has 2 unspecified atom stereocenters. The third-order valence-electron chi connectivity index (χ3n) is 3.68. The number of carbonyl (C=O) groups excluding carboxylic acids is 1. The molecule has 1 fully saturated rings. The summed E-state index contributed by atoms with van der Waals surface area (Å²) in [6.07, 6.45) is 0.400. The number of aliphatic carboxylic acids is 1. The second-order valence-corrected chi connectivity index (χ2v) is 5.58. The van der Waals surface area contributed by atoms with Crippen LogP contribution in [0.5, 0.6) is 0 Å². The van der Waals surface area contributed by atoms with E-state index in [1.165, 1.54) is 0 Å². The molecule has 2 aliphatic rings. The Labute approximate surface area is 106 Å². The zero-order valence-electron chi connectivity index (χ0n) is 9.08. The van der Waals surface area contributed by atoms with Crippen LogP contribution in [-0.4, -0.2) is 17.0 Å². The molecule has 1 saturated carbocycles. The molecule has 1 aliphatic carbocycles. The minimum Gasteiger partial charge on any atom is -0.481 e. The van der Waals surface area contributed by atoms with Gasteiger partial charge in [0.2, 0.25) is 5.91 Å². The molecule has 1 aromatic carbocycles. The summed E-state index contributed by atoms with van der Waals surface area (Å²) in [5.41, 5.74) is 1.73. The van der Waals surface area contributed by atoms with Crippen molar-refractivity contribution in [3.05, 3.63) is 27.7 Å². The SMILES string of the molecule is Cc1cc(Br)cc2c1NC(=O)C21CC1C(=O)O. The zero-order valence-corrected chi connectivity index (χ0v) is 10.7. The molecular weight excluding hydrogens is 286 g/mol. The fourth-order valence-electron chi connectivity index (χ4n) is 2.72. The van der Waals surface area contributed by atoms with Crippen molar-refractivity contribution in [2.24, 2.45) is 5.92 Å². The van der Waals surface area contributed by atoms with Crippen LogP contribution in [0.4, 0.5) is 5.69 Å². The molecule has 3 rings (SSSR count). The topological polar surface area (TPSA) is 66.4 Å². The Morgan fingerprint density at radius 1 is 1.59 bits per heavy atom. The van der Waals surface area contributed by atoms with E-state index in [0.717, 1.165) is 21.3 Å². The first-order valence-electron chi connectivity index (χ1n) is 5.31. The highest BCUT2D eigenvalue weighted by molar-refractivity contribution is 9.10. The predicted octanol–water partition coefficient (Wildman–Crippen LogP) is 2.05. The number of hydrogen-bond donors (Lipinski definition) is 2. The molecule has 2 atom stereocenters. The number of hydrogen-bond acceptors (Lipinski definition) is 2. The highest BCUT2D eigenvalue weighted by Gasteiger charge is 2.68. The van der Waals surface area contributed by atoms with E-state index in [9.17, 15) is 9.59 Å². The average Bonchev–Trinajstić information content (AvgIpc) is 2.91. The molecule has 0 aromatic heterocycles. The van der Waals surface area contributed by atoms with E-state index in [1.54, 1.807) is 0 Å². The Kier molecular flexibility index (Phi) is 1.96. The number of carbonyl (C=O) groups is 2. The number of amides is 1. The molecule has 5 heteroatoms. The van der Waals surface area contributed by atoms with Crippen LogP contribution in [0.2, 0.25) is 0 Å². The van der Waals surface area contributed by atoms with Crippen molar-refractivity contribution in [2.45, 2.75) is 18.8 Å². The maximum atomic E-state index is 12.0. The molecule has 1 spiro atoms. The van der Waals surface area contributed by atoms with Gasteiger partial charge >= 0.3 is 5.97 Å². The van der Waals surface area contributed by atoms with Crippen molar-refractivity contribution in [2.75, 3.05) is 5.32 Å². The van der Waals surface area contributed by atoms with Gasteiger partial charge in [-0.05, 0) is 36.6 Å². The number of benzene rings is 1. The Bertz CT molecular complexity index is 569. The standard InChI is InChI=1S/C12H10BrNO3/c1-5-2-6(13)3-7-9(5)14-11(17)12(7)4-8(12)10(15)16/h2-3,8H,4H2,1H3,(H,14,17)(H,15,16). The fraction of sp³-hybridized carbons (Fsp3) is 0.333. The number of nitrogens with one attached hydrogen (secondary N) is 1. The Morgan fingerprint density at radius 3 is 2.88 bits per heavy atom. The molecule has 2 N–H and O–H groups in total. The number of anilines is 1. The molecule has 1 aromatic rings. The van der Waals surface area contributed by atoms with Crippen molar-refractivity contribution in [3.8, 4) is 0 Å². The number of carboxylic acid groups (broad SMARTS) is 1. The molecule has 88 valence electrons. The Balaban J connectivity index is 2.19. The van der Waals surface area contributed by atoms with Crippen LogP contribution in [0.25, 0.3) is 0 Å². The number of carboxylic acids is 1. The van der Waals surface area contributed by atoms with E-state index in [0.29, 0.717) is 6.42 Å². The second-order valence-electron chi connectivity index (χ2n) is 4.67. The van der Waals surface area contributed by atoms with Gasteiger partial charge in [0.05, 0.1) is 11.3 Å². The lowest BCUT2D eigenvalue weighted by atomic mass is 9.93. The summed E-state index contributed by atoms with van der Waals surface area (Å²) in [4.78, 5) is 23.1. The number of aryl methyl sites for hydroxylation is 1. The van der Waals surface area contributed by atoms with E-state index in [4.69, 9.17) is 5.11 Å². The molecule has 1 amide bonds. The summed E-state index contributed by atoms with van der Waals surface area (Å²) in [7, 11) is 0. The van der Waals surface area contributed by atoms with Gasteiger partial charge in [-0.2, -0.15) is 0 Å². The molecule has 0 bridgehead atoms. The van der Waals surface area contributed by atoms with Gasteiger partial charge in [0.25, 0.3) is 0 Å². The first kappa shape index (κ1) is 10.8. The molecule has 4 nitrogen and oxygen atoms in total. The van der Waals surface area contributed by atoms with Crippen molar-refractivity contribution < 1.29 is 14.7 Å². The number of halogens is 1. The van der Waals surface area contributed by atoms with Gasteiger partial charge in [-0.3, -0.25) is 9.59 Å².